The summed E-state index contributed by atoms with van der Waals surface area (Å²) in [7, 11) is 0. The summed E-state index contributed by atoms with van der Waals surface area (Å²) in [6.07, 6.45) is 6.80. The van der Waals surface area contributed by atoms with E-state index < -0.39 is 0 Å². The molecule has 1 N–H and O–H groups in total. The van der Waals surface area contributed by atoms with Crippen molar-refractivity contribution in [2.24, 2.45) is 0 Å². The van der Waals surface area contributed by atoms with Crippen molar-refractivity contribution < 1.29 is 0 Å². The lowest BCUT2D eigenvalue weighted by Gasteiger charge is -1.99. The van der Waals surface area contributed by atoms with Crippen LogP contribution in [0.3, 0.4) is 0 Å². The minimum atomic E-state index is 0.978. The number of hydrogen-bond acceptors (Lipinski definition) is 1. The molecule has 0 saturated carbocycles. The highest BCUT2D eigenvalue weighted by Gasteiger charge is 1.95. The van der Waals surface area contributed by atoms with Crippen LogP contribution >= 0.6 is 15.9 Å². The van der Waals surface area contributed by atoms with Crippen molar-refractivity contribution in [2.45, 2.75) is 19.8 Å². The van der Waals surface area contributed by atoms with E-state index in [4.69, 9.17) is 0 Å². The summed E-state index contributed by atoms with van der Waals surface area (Å²) in [4.78, 5) is 0. The molecule has 1 heterocycles. The Morgan fingerprint density at radius 1 is 1.45 bits per heavy atom. The number of rotatable bonds is 0. The van der Waals surface area contributed by atoms with Crippen LogP contribution in [0.2, 0.25) is 0 Å². The number of hydrogen-bond donors (Lipinski definition) is 1. The summed E-state index contributed by atoms with van der Waals surface area (Å²) in [5, 5.41) is 3.33. The third-order valence-electron chi connectivity index (χ3n) is 1.75. The Morgan fingerprint density at radius 2 is 2.27 bits per heavy atom. The molecule has 0 radical (unpaired) electrons. The molecule has 0 unspecified atom stereocenters. The van der Waals surface area contributed by atoms with Crippen molar-refractivity contribution in [3.05, 3.63) is 22.2 Å². The van der Waals surface area contributed by atoms with Gasteiger partial charge in [-0.1, -0.05) is 33.7 Å². The summed E-state index contributed by atoms with van der Waals surface area (Å²) in [6, 6.07) is 0. The van der Waals surface area contributed by atoms with Crippen LogP contribution in [0, 0.1) is 0 Å². The Labute approximate surface area is 76.7 Å². The second kappa shape index (κ2) is 4.73. The highest BCUT2D eigenvalue weighted by atomic mass is 79.9. The molecular weight excluding hydrogens is 202 g/mol. The van der Waals surface area contributed by atoms with Crippen molar-refractivity contribution in [1.29, 1.82) is 0 Å². The predicted molar refractivity (Wildman–Crippen MR) is 52.9 cm³/mol. The molecule has 1 nitrogen and oxygen atoms in total. The Balaban J connectivity index is 2.49. The molecule has 1 rings (SSSR count). The van der Waals surface area contributed by atoms with Crippen molar-refractivity contribution in [3.63, 3.8) is 0 Å². The van der Waals surface area contributed by atoms with E-state index in [0.717, 1.165) is 25.9 Å². The smallest absolute Gasteiger partial charge is 0.0164 e. The Kier molecular flexibility index (Phi) is 3.87. The second-order valence-corrected chi connectivity index (χ2v) is 3.89. The molecule has 0 amide bonds. The molecule has 0 aliphatic carbocycles. The van der Waals surface area contributed by atoms with E-state index in [1.807, 2.05) is 0 Å². The summed E-state index contributed by atoms with van der Waals surface area (Å²) in [5.41, 5.74) is 1.44. The van der Waals surface area contributed by atoms with Crippen molar-refractivity contribution in [1.82, 2.24) is 5.32 Å². The van der Waals surface area contributed by atoms with Gasteiger partial charge in [0.25, 0.3) is 0 Å². The summed E-state index contributed by atoms with van der Waals surface area (Å²) < 4.78 is 1.32. The van der Waals surface area contributed by atoms with Crippen LogP contribution < -0.4 is 5.32 Å². The molecule has 0 spiro atoms. The highest BCUT2D eigenvalue weighted by molar-refractivity contribution is 9.11. The van der Waals surface area contributed by atoms with Gasteiger partial charge in [-0.25, -0.2) is 0 Å². The SMILES string of the molecule is C/C1=C\CC/C(Br)=C/CNC1. The van der Waals surface area contributed by atoms with Gasteiger partial charge in [0.05, 0.1) is 0 Å². The van der Waals surface area contributed by atoms with Gasteiger partial charge < -0.3 is 5.32 Å². The molecule has 2 heteroatoms. The largest absolute Gasteiger partial charge is 0.310 e. The van der Waals surface area contributed by atoms with Gasteiger partial charge in [-0.15, -0.1) is 0 Å². The first-order chi connectivity index (χ1) is 5.29. The van der Waals surface area contributed by atoms with Crippen LogP contribution in [0.4, 0.5) is 0 Å². The monoisotopic (exact) mass is 215 g/mol. The quantitative estimate of drug-likeness (QED) is 0.613. The third-order valence-corrected chi connectivity index (χ3v) is 2.47. The maximum atomic E-state index is 3.52. The summed E-state index contributed by atoms with van der Waals surface area (Å²) >= 11 is 3.52. The summed E-state index contributed by atoms with van der Waals surface area (Å²) in [5.74, 6) is 0. The van der Waals surface area contributed by atoms with Gasteiger partial charge in [0.2, 0.25) is 0 Å². The molecule has 62 valence electrons. The predicted octanol–water partition coefficient (Wildman–Crippen LogP) is 2.59. The molecule has 0 aromatic carbocycles. The Bertz CT molecular complexity index is 182. The molecule has 0 aromatic rings. The molecule has 0 saturated heterocycles. The van der Waals surface area contributed by atoms with E-state index in [1.165, 1.54) is 10.1 Å². The van der Waals surface area contributed by atoms with E-state index in [1.54, 1.807) is 0 Å². The molecule has 0 atom stereocenters. The fraction of sp³-hybridized carbons (Fsp3) is 0.556. The van der Waals surface area contributed by atoms with Gasteiger partial charge in [-0.3, -0.25) is 0 Å². The van der Waals surface area contributed by atoms with Gasteiger partial charge in [0, 0.05) is 13.1 Å². The minimum absolute atomic E-state index is 0.978. The lowest BCUT2D eigenvalue weighted by atomic mass is 10.2. The van der Waals surface area contributed by atoms with E-state index in [-0.39, 0.29) is 0 Å². The fourth-order valence-electron chi connectivity index (χ4n) is 1.08. The van der Waals surface area contributed by atoms with E-state index >= 15 is 0 Å². The lowest BCUT2D eigenvalue weighted by molar-refractivity contribution is 0.814. The topological polar surface area (TPSA) is 12.0 Å². The standard InChI is InChI=1S/C9H14BrN/c1-8-3-2-4-9(10)5-6-11-7-8/h3,5,11H,2,4,6-7H2,1H3/b8-3+,9-5-. The first kappa shape index (κ1) is 9.01. The molecule has 0 aromatic heterocycles. The first-order valence-electron chi connectivity index (χ1n) is 4.00. The number of allylic oxidation sites excluding steroid dienone is 2. The van der Waals surface area contributed by atoms with Gasteiger partial charge in [0.1, 0.15) is 0 Å². The van der Waals surface area contributed by atoms with Crippen LogP contribution in [-0.4, -0.2) is 13.1 Å². The molecule has 11 heavy (non-hydrogen) atoms. The van der Waals surface area contributed by atoms with Crippen LogP contribution in [-0.2, 0) is 0 Å². The Morgan fingerprint density at radius 3 is 3.09 bits per heavy atom. The molecule has 1 aliphatic heterocycles. The Hall–Kier alpha value is -0.0800. The van der Waals surface area contributed by atoms with E-state index in [2.05, 4.69) is 40.3 Å². The lowest BCUT2D eigenvalue weighted by Crippen LogP contribution is -2.15. The zero-order valence-electron chi connectivity index (χ0n) is 6.86. The van der Waals surface area contributed by atoms with Crippen molar-refractivity contribution in [3.8, 4) is 0 Å². The van der Waals surface area contributed by atoms with E-state index in [9.17, 15) is 0 Å². The van der Waals surface area contributed by atoms with Crippen LogP contribution in [0.5, 0.6) is 0 Å². The zero-order chi connectivity index (χ0) is 8.10. The maximum absolute atomic E-state index is 3.52. The average molecular weight is 216 g/mol. The zero-order valence-corrected chi connectivity index (χ0v) is 8.45. The maximum Gasteiger partial charge on any atom is 0.0164 e. The number of nitrogens with one attached hydrogen (secondary N) is 1. The molecule has 0 bridgehead atoms. The van der Waals surface area contributed by atoms with Gasteiger partial charge in [0.15, 0.2) is 0 Å². The van der Waals surface area contributed by atoms with Crippen molar-refractivity contribution >= 4 is 15.9 Å². The van der Waals surface area contributed by atoms with Crippen LogP contribution in [0.1, 0.15) is 19.8 Å². The normalized spacial score (nSPS) is 30.4. The third kappa shape index (κ3) is 3.73. The van der Waals surface area contributed by atoms with Gasteiger partial charge >= 0.3 is 0 Å². The van der Waals surface area contributed by atoms with E-state index in [0.29, 0.717) is 0 Å². The highest BCUT2D eigenvalue weighted by Crippen LogP contribution is 2.14. The van der Waals surface area contributed by atoms with Crippen LogP contribution in [0.25, 0.3) is 0 Å². The second-order valence-electron chi connectivity index (χ2n) is 2.87. The minimum Gasteiger partial charge on any atom is -0.310 e. The van der Waals surface area contributed by atoms with Gasteiger partial charge in [-0.05, 0) is 24.2 Å². The average Bonchev–Trinajstić information content (AvgIpc) is 2.04. The fourth-order valence-corrected chi connectivity index (χ4v) is 1.47. The molecule has 0 fully saturated rings. The van der Waals surface area contributed by atoms with Gasteiger partial charge in [-0.2, -0.15) is 0 Å². The number of halogens is 1. The van der Waals surface area contributed by atoms with Crippen LogP contribution in [0.15, 0.2) is 22.2 Å². The molecular formula is C9H14BrN. The molecule has 1 aliphatic rings. The summed E-state index contributed by atoms with van der Waals surface area (Å²) in [6.45, 7) is 4.18. The first-order valence-corrected chi connectivity index (χ1v) is 4.79. The van der Waals surface area contributed by atoms with Crippen molar-refractivity contribution in [2.75, 3.05) is 13.1 Å².